The fourth-order valence-corrected chi connectivity index (χ4v) is 4.29. The standard InChI is InChI=1S/C26H28N4O5/c1-4-26(2,24(33)28-21-13-30(3)29-22(21)23(31)32)15-27-25(34)35-14-20-18-11-7-5-9-16(18)17-10-6-8-12-19(17)20/h5-13,20H,4,14-15H2,1-3H3,(H,27,34)(H,28,33)(H,31,32). The van der Waals surface area contributed by atoms with Crippen LogP contribution in [0.5, 0.6) is 0 Å². The molecule has 3 N–H and O–H groups in total. The number of hydrogen-bond acceptors (Lipinski definition) is 5. The van der Waals surface area contributed by atoms with Gasteiger partial charge in [-0.05, 0) is 35.6 Å². The fourth-order valence-electron chi connectivity index (χ4n) is 4.29. The second-order valence-corrected chi connectivity index (χ2v) is 8.92. The third-order valence-corrected chi connectivity index (χ3v) is 6.57. The van der Waals surface area contributed by atoms with E-state index in [4.69, 9.17) is 4.74 Å². The number of nitrogens with one attached hydrogen (secondary N) is 2. The van der Waals surface area contributed by atoms with E-state index in [0.717, 1.165) is 22.3 Å². The van der Waals surface area contributed by atoms with Crippen LogP contribution in [0.4, 0.5) is 10.5 Å². The van der Waals surface area contributed by atoms with Gasteiger partial charge in [-0.3, -0.25) is 9.48 Å². The predicted molar refractivity (Wildman–Crippen MR) is 130 cm³/mol. The first-order valence-electron chi connectivity index (χ1n) is 11.4. The molecule has 1 aromatic heterocycles. The number of nitrogens with zero attached hydrogens (tertiary/aromatic N) is 2. The Kier molecular flexibility index (Phi) is 6.59. The molecule has 182 valence electrons. The van der Waals surface area contributed by atoms with Crippen molar-refractivity contribution in [3.8, 4) is 11.1 Å². The van der Waals surface area contributed by atoms with Gasteiger partial charge in [-0.15, -0.1) is 0 Å². The Hall–Kier alpha value is -4.14. The largest absolute Gasteiger partial charge is 0.476 e. The minimum Gasteiger partial charge on any atom is -0.476 e. The molecule has 4 rings (SSSR count). The third-order valence-electron chi connectivity index (χ3n) is 6.57. The molecular formula is C26H28N4O5. The van der Waals surface area contributed by atoms with Gasteiger partial charge >= 0.3 is 12.1 Å². The van der Waals surface area contributed by atoms with Crippen LogP contribution < -0.4 is 10.6 Å². The topological polar surface area (TPSA) is 123 Å². The van der Waals surface area contributed by atoms with Crippen LogP contribution in [0.2, 0.25) is 0 Å². The lowest BCUT2D eigenvalue weighted by molar-refractivity contribution is -0.124. The number of anilines is 1. The summed E-state index contributed by atoms with van der Waals surface area (Å²) in [5.74, 6) is -1.72. The van der Waals surface area contributed by atoms with Crippen LogP contribution >= 0.6 is 0 Å². The summed E-state index contributed by atoms with van der Waals surface area (Å²) in [7, 11) is 1.57. The van der Waals surface area contributed by atoms with Crippen molar-refractivity contribution in [1.29, 1.82) is 0 Å². The van der Waals surface area contributed by atoms with Crippen LogP contribution in [0.25, 0.3) is 11.1 Å². The number of aromatic carboxylic acids is 1. The van der Waals surface area contributed by atoms with Crippen molar-refractivity contribution in [2.45, 2.75) is 26.2 Å². The first-order valence-corrected chi connectivity index (χ1v) is 11.4. The van der Waals surface area contributed by atoms with Crippen molar-refractivity contribution in [3.63, 3.8) is 0 Å². The molecule has 1 atom stereocenters. The van der Waals surface area contributed by atoms with Gasteiger partial charge in [0.05, 0.1) is 11.1 Å². The number of aryl methyl sites for hydroxylation is 1. The molecule has 0 bridgehead atoms. The van der Waals surface area contributed by atoms with E-state index < -0.39 is 23.4 Å². The Labute approximate surface area is 203 Å². The molecule has 0 saturated heterocycles. The molecule has 3 aromatic rings. The van der Waals surface area contributed by atoms with Gasteiger partial charge < -0.3 is 20.5 Å². The van der Waals surface area contributed by atoms with Crippen LogP contribution in [0, 0.1) is 5.41 Å². The number of aromatic nitrogens is 2. The smallest absolute Gasteiger partial charge is 0.407 e. The van der Waals surface area contributed by atoms with Crippen molar-refractivity contribution >= 4 is 23.7 Å². The van der Waals surface area contributed by atoms with E-state index in [9.17, 15) is 19.5 Å². The maximum atomic E-state index is 13.0. The first kappa shape index (κ1) is 24.0. The summed E-state index contributed by atoms with van der Waals surface area (Å²) in [6.45, 7) is 3.71. The van der Waals surface area contributed by atoms with Gasteiger partial charge in [0.25, 0.3) is 0 Å². The molecule has 1 unspecified atom stereocenters. The lowest BCUT2D eigenvalue weighted by Crippen LogP contribution is -2.44. The molecule has 2 amide bonds. The molecule has 1 aliphatic carbocycles. The molecule has 1 aliphatic rings. The Bertz CT molecular complexity index is 1240. The summed E-state index contributed by atoms with van der Waals surface area (Å²) < 4.78 is 6.88. The number of carboxylic acid groups (broad SMARTS) is 1. The van der Waals surface area contributed by atoms with Gasteiger partial charge in [-0.1, -0.05) is 55.5 Å². The number of ether oxygens (including phenoxy) is 1. The summed E-state index contributed by atoms with van der Waals surface area (Å²) >= 11 is 0. The number of benzene rings is 2. The molecule has 1 heterocycles. The Morgan fingerprint density at radius 3 is 2.26 bits per heavy atom. The van der Waals surface area contributed by atoms with E-state index in [-0.39, 0.29) is 30.5 Å². The molecule has 0 spiro atoms. The molecule has 9 heteroatoms. The summed E-state index contributed by atoms with van der Waals surface area (Å²) in [6, 6.07) is 16.2. The van der Waals surface area contributed by atoms with Crippen molar-refractivity contribution in [3.05, 3.63) is 71.5 Å². The number of hydrogen-bond donors (Lipinski definition) is 3. The molecule has 9 nitrogen and oxygen atoms in total. The minimum atomic E-state index is -1.24. The van der Waals surface area contributed by atoms with Gasteiger partial charge in [0, 0.05) is 25.7 Å². The SMILES string of the molecule is CCC(C)(CNC(=O)OCC1c2ccccc2-c2ccccc21)C(=O)Nc1cn(C)nc1C(=O)O. The number of rotatable bonds is 8. The number of carboxylic acids is 1. The van der Waals surface area contributed by atoms with Gasteiger partial charge in [-0.25, -0.2) is 9.59 Å². The minimum absolute atomic E-state index is 0.0225. The van der Waals surface area contributed by atoms with E-state index in [1.807, 2.05) is 43.3 Å². The van der Waals surface area contributed by atoms with Crippen LogP contribution in [0.15, 0.2) is 54.7 Å². The summed E-state index contributed by atoms with van der Waals surface area (Å²) in [5.41, 5.74) is 3.38. The van der Waals surface area contributed by atoms with Crippen molar-refractivity contribution in [2.75, 3.05) is 18.5 Å². The predicted octanol–water partition coefficient (Wildman–Crippen LogP) is 4.01. The highest BCUT2D eigenvalue weighted by molar-refractivity contribution is 6.01. The molecule has 2 aromatic carbocycles. The van der Waals surface area contributed by atoms with E-state index >= 15 is 0 Å². The highest BCUT2D eigenvalue weighted by Crippen LogP contribution is 2.44. The average Bonchev–Trinajstić information content (AvgIpc) is 3.38. The van der Waals surface area contributed by atoms with E-state index in [1.54, 1.807) is 14.0 Å². The second kappa shape index (κ2) is 9.61. The summed E-state index contributed by atoms with van der Waals surface area (Å²) in [5, 5.41) is 18.5. The van der Waals surface area contributed by atoms with Crippen molar-refractivity contribution in [1.82, 2.24) is 15.1 Å². The Morgan fingerprint density at radius 2 is 1.69 bits per heavy atom. The quantitative estimate of drug-likeness (QED) is 0.451. The molecular weight excluding hydrogens is 448 g/mol. The number of fused-ring (bicyclic) bond motifs is 3. The molecule has 0 aliphatic heterocycles. The molecule has 0 fully saturated rings. The third kappa shape index (κ3) is 4.75. The highest BCUT2D eigenvalue weighted by atomic mass is 16.5. The average molecular weight is 477 g/mol. The van der Waals surface area contributed by atoms with Crippen LogP contribution in [-0.4, -0.2) is 46.0 Å². The zero-order chi connectivity index (χ0) is 25.2. The van der Waals surface area contributed by atoms with E-state index in [0.29, 0.717) is 6.42 Å². The lowest BCUT2D eigenvalue weighted by atomic mass is 9.86. The number of amides is 2. The van der Waals surface area contributed by atoms with Gasteiger partial charge in [0.15, 0.2) is 5.69 Å². The van der Waals surface area contributed by atoms with Gasteiger partial charge in [0.1, 0.15) is 6.61 Å². The van der Waals surface area contributed by atoms with Gasteiger partial charge in [-0.2, -0.15) is 5.10 Å². The number of alkyl carbamates (subject to hydrolysis) is 1. The highest BCUT2D eigenvalue weighted by Gasteiger charge is 2.34. The van der Waals surface area contributed by atoms with Crippen LogP contribution in [0.1, 0.15) is 47.8 Å². The Balaban J connectivity index is 1.38. The maximum Gasteiger partial charge on any atom is 0.407 e. The number of carbonyl (C=O) groups is 3. The van der Waals surface area contributed by atoms with E-state index in [1.165, 1.54) is 10.9 Å². The van der Waals surface area contributed by atoms with Gasteiger partial charge in [0.2, 0.25) is 5.91 Å². The number of carbonyl (C=O) groups excluding carboxylic acids is 2. The normalized spacial score (nSPS) is 13.9. The first-order chi connectivity index (χ1) is 16.7. The summed E-state index contributed by atoms with van der Waals surface area (Å²) in [6.07, 6.45) is 1.22. The van der Waals surface area contributed by atoms with Crippen molar-refractivity contribution in [2.24, 2.45) is 12.5 Å². The zero-order valence-electron chi connectivity index (χ0n) is 19.9. The van der Waals surface area contributed by atoms with Crippen LogP contribution in [0.3, 0.4) is 0 Å². The molecule has 0 radical (unpaired) electrons. The van der Waals surface area contributed by atoms with Crippen LogP contribution in [-0.2, 0) is 16.6 Å². The zero-order valence-corrected chi connectivity index (χ0v) is 19.9. The maximum absolute atomic E-state index is 13.0. The molecule has 0 saturated carbocycles. The van der Waals surface area contributed by atoms with E-state index in [2.05, 4.69) is 27.9 Å². The van der Waals surface area contributed by atoms with Crippen molar-refractivity contribution < 1.29 is 24.2 Å². The molecule has 35 heavy (non-hydrogen) atoms. The monoisotopic (exact) mass is 476 g/mol. The lowest BCUT2D eigenvalue weighted by Gasteiger charge is -2.27. The summed E-state index contributed by atoms with van der Waals surface area (Å²) in [4.78, 5) is 36.9. The fraction of sp³-hybridized carbons (Fsp3) is 0.308. The Morgan fingerprint density at radius 1 is 1.09 bits per heavy atom. The second-order valence-electron chi connectivity index (χ2n) is 8.92.